The van der Waals surface area contributed by atoms with Gasteiger partial charge < -0.3 is 5.73 Å². The number of fused-ring (bicyclic) bond motifs is 1. The first-order chi connectivity index (χ1) is 9.29. The van der Waals surface area contributed by atoms with E-state index in [1.54, 1.807) is 0 Å². The Morgan fingerprint density at radius 3 is 1.90 bits per heavy atom. The maximum absolute atomic E-state index is 6.94. The minimum Gasteiger partial charge on any atom is -0.168 e. The fraction of sp³-hybridized carbons (Fsp3) is 0.400. The molecular weight excluding hydrogens is 384 g/mol. The molecule has 0 fully saturated rings. The quantitative estimate of drug-likeness (QED) is 0.349. The Labute approximate surface area is 145 Å². The molecule has 0 aromatic heterocycles. The second-order valence-corrected chi connectivity index (χ2v) is 9.71. The van der Waals surface area contributed by atoms with Crippen LogP contribution in [0, 0.1) is 0 Å². The Kier molecular flexibility index (Phi) is 16.4. The van der Waals surface area contributed by atoms with E-state index in [4.69, 9.17) is 22.8 Å². The SMILES string of the molecule is CC(C)(C)[NH-].C[Si]C.[Cl][Zr+2][Cl].c1ccc2[cH-]ccc2c1. The van der Waals surface area contributed by atoms with Gasteiger partial charge in [-0.15, -0.1) is 35.2 Å². The molecule has 0 amide bonds. The van der Waals surface area contributed by atoms with Gasteiger partial charge in [-0.25, -0.2) is 0 Å². The van der Waals surface area contributed by atoms with Crippen LogP contribution in [0.25, 0.3) is 16.5 Å². The fourth-order valence-electron chi connectivity index (χ4n) is 1.07. The molecule has 0 aliphatic rings. The first-order valence-corrected chi connectivity index (χ1v) is 14.5. The van der Waals surface area contributed by atoms with Crippen molar-refractivity contribution in [2.75, 3.05) is 0 Å². The Morgan fingerprint density at radius 2 is 1.50 bits per heavy atom. The predicted molar refractivity (Wildman–Crippen MR) is 92.8 cm³/mol. The smallest absolute Gasteiger partial charge is 0.0809 e. The molecule has 1 N–H and O–H groups in total. The largest absolute Gasteiger partial charge is 0.168 e. The van der Waals surface area contributed by atoms with E-state index in [-0.39, 0.29) is 5.54 Å². The van der Waals surface area contributed by atoms with Gasteiger partial charge in [-0.1, -0.05) is 39.9 Å². The Hall–Kier alpha value is 0.470. The molecular formula is C15H23Cl2NSiZr. The third-order valence-corrected chi connectivity index (χ3v) is 1.55. The summed E-state index contributed by atoms with van der Waals surface area (Å²) in [6.45, 7) is 9.87. The molecule has 0 atom stereocenters. The molecule has 0 heterocycles. The molecule has 0 aliphatic carbocycles. The molecule has 1 nitrogen and oxygen atoms in total. The van der Waals surface area contributed by atoms with Crippen molar-refractivity contribution in [1.82, 2.24) is 0 Å². The molecule has 110 valence electrons. The van der Waals surface area contributed by atoms with Gasteiger partial charge in [0.2, 0.25) is 0 Å². The van der Waals surface area contributed by atoms with Crippen molar-refractivity contribution in [2.45, 2.75) is 39.4 Å². The molecule has 0 spiro atoms. The van der Waals surface area contributed by atoms with Crippen molar-refractivity contribution in [2.24, 2.45) is 0 Å². The predicted octanol–water partition coefficient (Wildman–Crippen LogP) is 6.56. The Balaban J connectivity index is 0. The van der Waals surface area contributed by atoms with Gasteiger partial charge in [0.15, 0.2) is 0 Å². The molecule has 0 aliphatic heterocycles. The van der Waals surface area contributed by atoms with E-state index in [0.717, 1.165) is 9.52 Å². The van der Waals surface area contributed by atoms with E-state index in [2.05, 4.69) is 55.6 Å². The second-order valence-electron chi connectivity index (χ2n) is 4.98. The third-order valence-electron chi connectivity index (χ3n) is 1.55. The normalized spacial score (nSPS) is 9.00. The van der Waals surface area contributed by atoms with Crippen LogP contribution >= 0.6 is 17.0 Å². The van der Waals surface area contributed by atoms with Gasteiger partial charge in [-0.3, -0.25) is 0 Å². The van der Waals surface area contributed by atoms with E-state index < -0.39 is 20.8 Å². The first kappa shape index (κ1) is 22.7. The van der Waals surface area contributed by atoms with Crippen LogP contribution in [0.1, 0.15) is 20.8 Å². The summed E-state index contributed by atoms with van der Waals surface area (Å²) in [5.41, 5.74) is 6.69. The average Bonchev–Trinajstić information content (AvgIpc) is 2.76. The van der Waals surface area contributed by atoms with Crippen LogP contribution in [0.3, 0.4) is 0 Å². The molecule has 5 heteroatoms. The van der Waals surface area contributed by atoms with E-state index >= 15 is 0 Å². The van der Waals surface area contributed by atoms with Gasteiger partial charge in [0.1, 0.15) is 0 Å². The summed E-state index contributed by atoms with van der Waals surface area (Å²) in [5.74, 6) is 0. The number of halogens is 2. The number of hydrogen-bond donors (Lipinski definition) is 0. The third kappa shape index (κ3) is 18.5. The van der Waals surface area contributed by atoms with Crippen LogP contribution in [0.4, 0.5) is 0 Å². The van der Waals surface area contributed by atoms with Gasteiger partial charge in [0, 0.05) is 9.52 Å². The van der Waals surface area contributed by atoms with Gasteiger partial charge in [-0.2, -0.15) is 17.5 Å². The zero-order valence-corrected chi connectivity index (χ0v) is 17.8. The van der Waals surface area contributed by atoms with Crippen LogP contribution in [0.2, 0.25) is 13.1 Å². The van der Waals surface area contributed by atoms with E-state index in [9.17, 15) is 0 Å². The van der Waals surface area contributed by atoms with Gasteiger partial charge in [0.05, 0.1) is 0 Å². The van der Waals surface area contributed by atoms with Crippen molar-refractivity contribution in [3.8, 4) is 0 Å². The van der Waals surface area contributed by atoms with Crippen molar-refractivity contribution in [1.29, 1.82) is 0 Å². The van der Waals surface area contributed by atoms with Crippen LogP contribution in [0.5, 0.6) is 0 Å². The van der Waals surface area contributed by atoms with Crippen LogP contribution in [-0.2, 0) is 20.8 Å². The topological polar surface area (TPSA) is 23.8 Å². The Bertz CT molecular complexity index is 389. The summed E-state index contributed by atoms with van der Waals surface area (Å²) in [6, 6.07) is 14.7. The molecule has 2 aromatic carbocycles. The Morgan fingerprint density at radius 1 is 1.10 bits per heavy atom. The van der Waals surface area contributed by atoms with Crippen LogP contribution in [-0.4, -0.2) is 15.1 Å². The summed E-state index contributed by atoms with van der Waals surface area (Å²) in [6.07, 6.45) is 0. The van der Waals surface area contributed by atoms with Crippen molar-refractivity contribution in [3.63, 3.8) is 0 Å². The summed E-state index contributed by atoms with van der Waals surface area (Å²) in [4.78, 5) is 0. The molecule has 0 saturated carbocycles. The molecule has 2 aromatic rings. The minimum atomic E-state index is -0.826. The number of benzene rings is 1. The van der Waals surface area contributed by atoms with Gasteiger partial charge >= 0.3 is 37.9 Å². The molecule has 2 rings (SSSR count). The zero-order valence-electron chi connectivity index (χ0n) is 12.8. The standard InChI is InChI=1S/C9H7.C4H10N.C2H6Si.2ClH.Zr/c1-2-5-9-7-3-6-8(9)4-1;1-4(2,3)5;1-3-2;;;/h1-7H;5H,1-3H3;1-2H3;2*1H;/q2*-1;;;;+4/p-2. The van der Waals surface area contributed by atoms with E-state index in [1.165, 1.54) is 10.8 Å². The van der Waals surface area contributed by atoms with Crippen LogP contribution < -0.4 is 0 Å². The number of hydrogen-bond acceptors (Lipinski definition) is 0. The molecule has 20 heavy (non-hydrogen) atoms. The second kappa shape index (κ2) is 14.4. The van der Waals surface area contributed by atoms with Crippen LogP contribution in [0.15, 0.2) is 42.5 Å². The van der Waals surface area contributed by atoms with Crippen molar-refractivity contribution in [3.05, 3.63) is 48.2 Å². The van der Waals surface area contributed by atoms with Gasteiger partial charge in [-0.05, 0) is 0 Å². The minimum absolute atomic E-state index is 0.250. The molecule has 0 unspecified atom stereocenters. The number of rotatable bonds is 0. The zero-order chi connectivity index (χ0) is 16.0. The maximum Gasteiger partial charge on any atom is -0.0809 e. The maximum atomic E-state index is 6.94. The van der Waals surface area contributed by atoms with E-state index in [0.29, 0.717) is 0 Å². The summed E-state index contributed by atoms with van der Waals surface area (Å²) in [7, 11) is 11.0. The molecule has 2 radical (unpaired) electrons. The molecule has 0 saturated heterocycles. The number of nitrogens with one attached hydrogen (secondary N) is 1. The summed E-state index contributed by atoms with van der Waals surface area (Å²) >= 11 is -0.826. The fourth-order valence-corrected chi connectivity index (χ4v) is 1.07. The monoisotopic (exact) mass is 405 g/mol. The van der Waals surface area contributed by atoms with Crippen molar-refractivity contribution >= 4 is 37.3 Å². The average molecular weight is 408 g/mol. The first-order valence-electron chi connectivity index (χ1n) is 6.20. The van der Waals surface area contributed by atoms with E-state index in [1.807, 2.05) is 20.8 Å². The van der Waals surface area contributed by atoms with Crippen molar-refractivity contribution < 1.29 is 20.8 Å². The van der Waals surface area contributed by atoms with Gasteiger partial charge in [0.25, 0.3) is 0 Å². The molecule has 0 bridgehead atoms. The summed E-state index contributed by atoms with van der Waals surface area (Å²) < 4.78 is 0. The summed E-state index contributed by atoms with van der Waals surface area (Å²) in [5, 5.41) is 2.66.